The number of hydrogen-bond acceptors (Lipinski definition) is 3. The molecule has 0 aliphatic rings. The molecular weight excluding hydrogens is 246 g/mol. The van der Waals surface area contributed by atoms with Crippen molar-refractivity contribution in [2.24, 2.45) is 0 Å². The van der Waals surface area contributed by atoms with Crippen LogP contribution in [0, 0.1) is 13.8 Å². The van der Waals surface area contributed by atoms with Crippen LogP contribution in [0.1, 0.15) is 25.7 Å². The highest BCUT2D eigenvalue weighted by Crippen LogP contribution is 2.20. The monoisotopic (exact) mass is 261 g/mol. The smallest absolute Gasteiger partial charge is 0.251 e. The van der Waals surface area contributed by atoms with Gasteiger partial charge in [-0.3, -0.25) is 4.79 Å². The van der Waals surface area contributed by atoms with Crippen LogP contribution in [0.3, 0.4) is 0 Å². The number of hydrogen-bond donors (Lipinski definition) is 2. The second-order valence-electron chi connectivity index (χ2n) is 4.14. The van der Waals surface area contributed by atoms with Gasteiger partial charge in [0.25, 0.3) is 5.91 Å². The van der Waals surface area contributed by atoms with Gasteiger partial charge in [0.05, 0.1) is 6.54 Å². The van der Waals surface area contributed by atoms with Crippen molar-refractivity contribution in [2.75, 3.05) is 0 Å². The summed E-state index contributed by atoms with van der Waals surface area (Å²) in [5.74, 6) is -0.0101. The minimum atomic E-state index is -0.158. The van der Waals surface area contributed by atoms with E-state index in [4.69, 9.17) is 0 Å². The van der Waals surface area contributed by atoms with E-state index in [0.29, 0.717) is 17.7 Å². The van der Waals surface area contributed by atoms with E-state index in [1.165, 1.54) is 4.88 Å². The molecule has 0 saturated carbocycles. The van der Waals surface area contributed by atoms with E-state index in [0.717, 1.165) is 4.88 Å². The number of benzene rings is 1. The summed E-state index contributed by atoms with van der Waals surface area (Å²) in [4.78, 5) is 14.3. The van der Waals surface area contributed by atoms with E-state index < -0.39 is 0 Å². The van der Waals surface area contributed by atoms with Crippen LogP contribution in [0.2, 0.25) is 0 Å². The predicted molar refractivity (Wildman–Crippen MR) is 73.1 cm³/mol. The number of nitrogens with one attached hydrogen (secondary N) is 1. The molecule has 0 aliphatic heterocycles. The summed E-state index contributed by atoms with van der Waals surface area (Å²) in [7, 11) is 0. The number of thiophene rings is 1. The van der Waals surface area contributed by atoms with Crippen molar-refractivity contribution in [1.29, 1.82) is 0 Å². The van der Waals surface area contributed by atoms with Gasteiger partial charge in [0.1, 0.15) is 5.75 Å². The minimum absolute atomic E-state index is 0.148. The lowest BCUT2D eigenvalue weighted by Crippen LogP contribution is -2.23. The van der Waals surface area contributed by atoms with Gasteiger partial charge in [-0.05, 0) is 38.1 Å². The van der Waals surface area contributed by atoms with Gasteiger partial charge in [-0.25, -0.2) is 0 Å². The van der Waals surface area contributed by atoms with Gasteiger partial charge in [0, 0.05) is 20.9 Å². The summed E-state index contributed by atoms with van der Waals surface area (Å²) in [5, 5.41) is 12.4. The topological polar surface area (TPSA) is 49.3 Å². The normalized spacial score (nSPS) is 10.3. The van der Waals surface area contributed by atoms with E-state index in [1.807, 2.05) is 19.1 Å². The third-order valence-corrected chi connectivity index (χ3v) is 3.77. The average molecular weight is 261 g/mol. The molecule has 0 atom stereocenters. The number of carbonyl (C=O) groups excluding carboxylic acids is 1. The molecule has 2 rings (SSSR count). The Morgan fingerprint density at radius 1 is 1.28 bits per heavy atom. The molecule has 0 aliphatic carbocycles. The van der Waals surface area contributed by atoms with Crippen LogP contribution >= 0.6 is 11.3 Å². The first-order valence-electron chi connectivity index (χ1n) is 5.70. The number of aryl methyl sites for hydroxylation is 1. The van der Waals surface area contributed by atoms with Crippen molar-refractivity contribution in [3.8, 4) is 5.75 Å². The maximum absolute atomic E-state index is 12.0. The highest BCUT2D eigenvalue weighted by atomic mass is 32.1. The van der Waals surface area contributed by atoms with Crippen molar-refractivity contribution < 1.29 is 9.90 Å². The Labute approximate surface area is 110 Å². The Hall–Kier alpha value is -1.81. The Morgan fingerprint density at radius 3 is 2.72 bits per heavy atom. The van der Waals surface area contributed by atoms with Crippen molar-refractivity contribution in [3.63, 3.8) is 0 Å². The van der Waals surface area contributed by atoms with Crippen LogP contribution in [0.25, 0.3) is 0 Å². The molecule has 4 heteroatoms. The van der Waals surface area contributed by atoms with Crippen molar-refractivity contribution in [2.45, 2.75) is 20.4 Å². The van der Waals surface area contributed by atoms with E-state index in [-0.39, 0.29) is 11.7 Å². The number of amides is 1. The van der Waals surface area contributed by atoms with Crippen LogP contribution < -0.4 is 5.32 Å². The van der Waals surface area contributed by atoms with E-state index >= 15 is 0 Å². The molecule has 1 aromatic heterocycles. The molecule has 2 N–H and O–H groups in total. The summed E-state index contributed by atoms with van der Waals surface area (Å²) in [6, 6.07) is 9.01. The summed E-state index contributed by atoms with van der Waals surface area (Å²) in [6.07, 6.45) is 0. The van der Waals surface area contributed by atoms with Crippen LogP contribution in [0.4, 0.5) is 0 Å². The molecule has 0 saturated heterocycles. The Bertz CT molecular complexity index is 575. The van der Waals surface area contributed by atoms with Gasteiger partial charge >= 0.3 is 0 Å². The fourth-order valence-electron chi connectivity index (χ4n) is 1.71. The molecule has 94 valence electrons. The third-order valence-electron chi connectivity index (χ3n) is 2.77. The van der Waals surface area contributed by atoms with Crippen LogP contribution in [-0.4, -0.2) is 11.0 Å². The highest BCUT2D eigenvalue weighted by molar-refractivity contribution is 7.11. The first-order chi connectivity index (χ1) is 8.58. The molecule has 0 radical (unpaired) electrons. The Morgan fingerprint density at radius 2 is 2.06 bits per heavy atom. The van der Waals surface area contributed by atoms with Gasteiger partial charge < -0.3 is 10.4 Å². The molecule has 3 nitrogen and oxygen atoms in total. The van der Waals surface area contributed by atoms with Gasteiger partial charge in [0.2, 0.25) is 0 Å². The van der Waals surface area contributed by atoms with Crippen LogP contribution in [0.15, 0.2) is 30.3 Å². The number of rotatable bonds is 3. The largest absolute Gasteiger partial charge is 0.508 e. The second-order valence-corrected chi connectivity index (χ2v) is 5.52. The molecule has 1 aromatic carbocycles. The van der Waals surface area contributed by atoms with Gasteiger partial charge in [-0.15, -0.1) is 11.3 Å². The van der Waals surface area contributed by atoms with Crippen molar-refractivity contribution in [1.82, 2.24) is 5.32 Å². The van der Waals surface area contributed by atoms with E-state index in [1.54, 1.807) is 36.5 Å². The number of phenolic OH excluding ortho intramolecular Hbond substituents is 1. The lowest BCUT2D eigenvalue weighted by atomic mass is 10.1. The Kier molecular flexibility index (Phi) is 3.67. The fraction of sp³-hybridized carbons (Fsp3) is 0.214. The van der Waals surface area contributed by atoms with E-state index in [9.17, 15) is 9.90 Å². The zero-order valence-electron chi connectivity index (χ0n) is 10.4. The van der Waals surface area contributed by atoms with Crippen LogP contribution in [-0.2, 0) is 6.54 Å². The Balaban J connectivity index is 2.06. The summed E-state index contributed by atoms with van der Waals surface area (Å²) < 4.78 is 0. The predicted octanol–water partition coefficient (Wildman–Crippen LogP) is 3.00. The lowest BCUT2D eigenvalue weighted by Gasteiger charge is -2.07. The molecule has 2 aromatic rings. The molecule has 0 bridgehead atoms. The molecule has 1 amide bonds. The summed E-state index contributed by atoms with van der Waals surface area (Å²) in [6.45, 7) is 4.29. The SMILES string of the molecule is Cc1ccc(CNC(=O)c2cccc(O)c2C)s1. The molecule has 0 unspecified atom stereocenters. The maximum Gasteiger partial charge on any atom is 0.251 e. The third kappa shape index (κ3) is 2.71. The number of phenols is 1. The van der Waals surface area contributed by atoms with Gasteiger partial charge in [-0.1, -0.05) is 6.07 Å². The highest BCUT2D eigenvalue weighted by Gasteiger charge is 2.11. The molecule has 1 heterocycles. The van der Waals surface area contributed by atoms with E-state index in [2.05, 4.69) is 5.32 Å². The zero-order valence-corrected chi connectivity index (χ0v) is 11.2. The number of carbonyl (C=O) groups is 1. The molecular formula is C14H15NO2S. The lowest BCUT2D eigenvalue weighted by molar-refractivity contribution is 0.0950. The van der Waals surface area contributed by atoms with Crippen molar-refractivity contribution in [3.05, 3.63) is 51.2 Å². The van der Waals surface area contributed by atoms with Crippen LogP contribution in [0.5, 0.6) is 5.75 Å². The average Bonchev–Trinajstić information content (AvgIpc) is 2.76. The molecule has 0 fully saturated rings. The standard InChI is InChI=1S/C14H15NO2S/c1-9-6-7-11(18-9)8-15-14(17)12-4-3-5-13(16)10(12)2/h3-7,16H,8H2,1-2H3,(H,15,17). The molecule has 18 heavy (non-hydrogen) atoms. The minimum Gasteiger partial charge on any atom is -0.508 e. The first-order valence-corrected chi connectivity index (χ1v) is 6.51. The van der Waals surface area contributed by atoms with Gasteiger partial charge in [0.15, 0.2) is 0 Å². The summed E-state index contributed by atoms with van der Waals surface area (Å²) in [5.41, 5.74) is 1.13. The first kappa shape index (κ1) is 12.6. The number of aromatic hydroxyl groups is 1. The quantitative estimate of drug-likeness (QED) is 0.892. The zero-order chi connectivity index (χ0) is 13.1. The van der Waals surface area contributed by atoms with Crippen molar-refractivity contribution >= 4 is 17.2 Å². The fourth-order valence-corrected chi connectivity index (χ4v) is 2.54. The molecule has 0 spiro atoms. The van der Waals surface area contributed by atoms with Gasteiger partial charge in [-0.2, -0.15) is 0 Å². The maximum atomic E-state index is 12.0. The summed E-state index contributed by atoms with van der Waals surface area (Å²) >= 11 is 1.67. The second kappa shape index (κ2) is 5.23.